The van der Waals surface area contributed by atoms with Gasteiger partial charge in [0.2, 0.25) is 0 Å². The van der Waals surface area contributed by atoms with Crippen LogP contribution in [0.3, 0.4) is 0 Å². The average molecular weight is 497 g/mol. The lowest BCUT2D eigenvalue weighted by Gasteiger charge is -2.22. The first-order valence-electron chi connectivity index (χ1n) is 9.20. The molecule has 1 aliphatic rings. The van der Waals surface area contributed by atoms with Gasteiger partial charge in [0.05, 0.1) is 6.33 Å². The topological polar surface area (TPSA) is 104 Å². The second-order valence-corrected chi connectivity index (χ2v) is 8.96. The fourth-order valence-electron chi connectivity index (χ4n) is 3.73. The molecule has 28 heavy (non-hydrogen) atoms. The van der Waals surface area contributed by atoms with E-state index in [2.05, 4.69) is 32.9 Å². The molecule has 1 aliphatic carbocycles. The molecule has 1 fully saturated rings. The van der Waals surface area contributed by atoms with Crippen LogP contribution in [-0.2, 0) is 22.6 Å². The summed E-state index contributed by atoms with van der Waals surface area (Å²) in [7, 11) is 0. The Morgan fingerprint density at radius 1 is 1.32 bits per heavy atom. The summed E-state index contributed by atoms with van der Waals surface area (Å²) in [5.41, 5.74) is 0.683. The Hall–Kier alpha value is -1.94. The van der Waals surface area contributed by atoms with Gasteiger partial charge in [0, 0.05) is 28.4 Å². The number of benzene rings is 1. The number of nitrogens with zero attached hydrogens (tertiary/aromatic N) is 2. The summed E-state index contributed by atoms with van der Waals surface area (Å²) >= 11 is 2.25. The predicted octanol–water partition coefficient (Wildman–Crippen LogP) is 2.62. The number of halogens is 1. The summed E-state index contributed by atoms with van der Waals surface area (Å²) < 4.78 is 3.05. The maximum absolute atomic E-state index is 11.9. The van der Waals surface area contributed by atoms with E-state index in [4.69, 9.17) is 0 Å². The van der Waals surface area contributed by atoms with Crippen LogP contribution < -0.4 is 5.32 Å². The Morgan fingerprint density at radius 3 is 2.54 bits per heavy atom. The monoisotopic (exact) mass is 497 g/mol. The molecule has 0 radical (unpaired) electrons. The number of aromatic nitrogens is 2. The van der Waals surface area contributed by atoms with Gasteiger partial charge in [-0.1, -0.05) is 26.0 Å². The van der Waals surface area contributed by atoms with Crippen molar-refractivity contribution in [3.05, 3.63) is 51.6 Å². The lowest BCUT2D eigenvalue weighted by atomic mass is 10.0. The summed E-state index contributed by atoms with van der Waals surface area (Å²) in [6, 6.07) is 7.09. The summed E-state index contributed by atoms with van der Waals surface area (Å²) in [6.45, 7) is 4.50. The zero-order chi connectivity index (χ0) is 20.5. The van der Waals surface area contributed by atoms with Gasteiger partial charge in [-0.3, -0.25) is 14.9 Å². The number of aliphatic carboxylic acids is 2. The van der Waals surface area contributed by atoms with Crippen molar-refractivity contribution in [2.24, 2.45) is 11.8 Å². The van der Waals surface area contributed by atoms with Crippen molar-refractivity contribution in [1.29, 1.82) is 0 Å². The van der Waals surface area contributed by atoms with Crippen molar-refractivity contribution in [1.82, 2.24) is 14.9 Å². The van der Waals surface area contributed by atoms with E-state index in [0.717, 1.165) is 14.8 Å². The minimum absolute atomic E-state index is 0.0662. The van der Waals surface area contributed by atoms with Gasteiger partial charge in [-0.05, 0) is 58.5 Å². The highest BCUT2D eigenvalue weighted by Gasteiger charge is 2.62. The Kier molecular flexibility index (Phi) is 6.09. The highest BCUT2D eigenvalue weighted by Crippen LogP contribution is 2.49. The van der Waals surface area contributed by atoms with E-state index in [1.165, 1.54) is 0 Å². The molecule has 1 aromatic heterocycles. The Morgan fingerprint density at radius 2 is 2.00 bits per heavy atom. The second-order valence-electron chi connectivity index (χ2n) is 7.71. The van der Waals surface area contributed by atoms with E-state index in [-0.39, 0.29) is 18.3 Å². The quantitative estimate of drug-likeness (QED) is 0.461. The van der Waals surface area contributed by atoms with E-state index >= 15 is 0 Å². The van der Waals surface area contributed by atoms with E-state index in [1.54, 1.807) is 12.5 Å². The normalized spacial score (nSPS) is 22.2. The molecule has 1 saturated carbocycles. The molecule has 8 heteroatoms. The average Bonchev–Trinajstić information content (AvgIpc) is 3.23. The van der Waals surface area contributed by atoms with Crippen LogP contribution in [0.5, 0.6) is 0 Å². The van der Waals surface area contributed by atoms with Gasteiger partial charge in [0.25, 0.3) is 0 Å². The van der Waals surface area contributed by atoms with E-state index in [9.17, 15) is 19.8 Å². The molecule has 150 valence electrons. The van der Waals surface area contributed by atoms with Crippen molar-refractivity contribution in [3.8, 4) is 0 Å². The number of rotatable bonds is 9. The molecule has 1 aromatic carbocycles. The molecule has 0 bridgehead atoms. The van der Waals surface area contributed by atoms with Crippen LogP contribution in [0.15, 0.2) is 36.8 Å². The largest absolute Gasteiger partial charge is 0.480 e. The third kappa shape index (κ3) is 4.38. The number of hydrogen-bond donors (Lipinski definition) is 3. The maximum atomic E-state index is 11.9. The molecule has 7 nitrogen and oxygen atoms in total. The van der Waals surface area contributed by atoms with Crippen molar-refractivity contribution in [2.75, 3.05) is 0 Å². The van der Waals surface area contributed by atoms with Crippen LogP contribution >= 0.6 is 22.6 Å². The SMILES string of the molecule is CC(C)C1CC1(N[C@@H](Cc1cncn1Cc1ccc(I)cc1)C(=O)O)C(=O)O. The molecular formula is C20H24IN3O4. The maximum Gasteiger partial charge on any atom is 0.324 e. The number of imidazole rings is 1. The first-order valence-corrected chi connectivity index (χ1v) is 10.3. The number of hydrogen-bond acceptors (Lipinski definition) is 4. The molecule has 0 spiro atoms. The van der Waals surface area contributed by atoms with Gasteiger partial charge in [0.15, 0.2) is 0 Å². The van der Waals surface area contributed by atoms with E-state index in [1.807, 2.05) is 42.7 Å². The zero-order valence-corrected chi connectivity index (χ0v) is 18.0. The highest BCUT2D eigenvalue weighted by atomic mass is 127. The van der Waals surface area contributed by atoms with E-state index in [0.29, 0.717) is 13.0 Å². The smallest absolute Gasteiger partial charge is 0.324 e. The summed E-state index contributed by atoms with van der Waals surface area (Å²) in [4.78, 5) is 27.8. The first-order chi connectivity index (χ1) is 13.2. The molecule has 0 amide bonds. The summed E-state index contributed by atoms with van der Waals surface area (Å²) in [6.07, 6.45) is 3.93. The molecule has 0 saturated heterocycles. The van der Waals surface area contributed by atoms with Gasteiger partial charge >= 0.3 is 11.9 Å². The number of carboxylic acids is 2. The molecule has 3 rings (SSSR count). The fourth-order valence-corrected chi connectivity index (χ4v) is 4.09. The zero-order valence-electron chi connectivity index (χ0n) is 15.8. The van der Waals surface area contributed by atoms with Crippen LogP contribution in [0.2, 0.25) is 0 Å². The van der Waals surface area contributed by atoms with Gasteiger partial charge < -0.3 is 14.8 Å². The molecular weight excluding hydrogens is 473 g/mol. The third-order valence-corrected chi connectivity index (χ3v) is 6.13. The van der Waals surface area contributed by atoms with Gasteiger partial charge in [-0.25, -0.2) is 4.98 Å². The summed E-state index contributed by atoms with van der Waals surface area (Å²) in [5.74, 6) is -1.94. The van der Waals surface area contributed by atoms with Crippen molar-refractivity contribution in [2.45, 2.75) is 44.8 Å². The number of carbonyl (C=O) groups is 2. The Bertz CT molecular complexity index is 865. The third-order valence-electron chi connectivity index (χ3n) is 5.41. The fraction of sp³-hybridized carbons (Fsp3) is 0.450. The molecule has 2 unspecified atom stereocenters. The Labute approximate surface area is 177 Å². The van der Waals surface area contributed by atoms with Gasteiger partial charge in [-0.15, -0.1) is 0 Å². The molecule has 1 heterocycles. The van der Waals surface area contributed by atoms with E-state index < -0.39 is 23.5 Å². The Balaban J connectivity index is 1.75. The molecule has 3 N–H and O–H groups in total. The highest BCUT2D eigenvalue weighted by molar-refractivity contribution is 14.1. The predicted molar refractivity (Wildman–Crippen MR) is 112 cm³/mol. The van der Waals surface area contributed by atoms with Crippen LogP contribution in [0, 0.1) is 15.4 Å². The number of nitrogens with one attached hydrogen (secondary N) is 1. The molecule has 0 aliphatic heterocycles. The standard InChI is InChI=1S/C20H24IN3O4/c1-12(2)16-8-20(16,19(27)28)23-17(18(25)26)7-15-9-22-11-24(15)10-13-3-5-14(21)6-4-13/h3-6,9,11-12,16-17,23H,7-8,10H2,1-2H3,(H,25,26)(H,27,28)/t16?,17-,20?/m0/s1. The van der Waals surface area contributed by atoms with Crippen molar-refractivity contribution in [3.63, 3.8) is 0 Å². The number of carboxylic acid groups (broad SMARTS) is 2. The summed E-state index contributed by atoms with van der Waals surface area (Å²) in [5, 5.41) is 22.3. The minimum Gasteiger partial charge on any atom is -0.480 e. The van der Waals surface area contributed by atoms with Gasteiger partial charge in [0.1, 0.15) is 11.6 Å². The molecule has 2 aromatic rings. The first kappa shape index (κ1) is 20.8. The molecule has 3 atom stereocenters. The van der Waals surface area contributed by atoms with Crippen LogP contribution in [-0.4, -0.2) is 43.3 Å². The minimum atomic E-state index is -1.15. The second kappa shape index (κ2) is 8.20. The van der Waals surface area contributed by atoms with Crippen LogP contribution in [0.4, 0.5) is 0 Å². The lowest BCUT2D eigenvalue weighted by Crippen LogP contribution is -2.52. The van der Waals surface area contributed by atoms with Crippen molar-refractivity contribution < 1.29 is 19.8 Å². The van der Waals surface area contributed by atoms with Crippen molar-refractivity contribution >= 4 is 34.5 Å². The van der Waals surface area contributed by atoms with Gasteiger partial charge in [-0.2, -0.15) is 0 Å². The lowest BCUT2D eigenvalue weighted by molar-refractivity contribution is -0.144. The van der Waals surface area contributed by atoms with Crippen LogP contribution in [0.1, 0.15) is 31.5 Å². The van der Waals surface area contributed by atoms with Crippen LogP contribution in [0.25, 0.3) is 0 Å².